The van der Waals surface area contributed by atoms with E-state index in [-0.39, 0.29) is 5.91 Å². The first kappa shape index (κ1) is 20.5. The Bertz CT molecular complexity index is 561. The van der Waals surface area contributed by atoms with Gasteiger partial charge in [-0.05, 0) is 46.7 Å². The lowest BCUT2D eigenvalue weighted by Crippen LogP contribution is -2.48. The number of nitrogens with one attached hydrogen (secondary N) is 2. The van der Waals surface area contributed by atoms with Gasteiger partial charge in [-0.3, -0.25) is 15.2 Å². The van der Waals surface area contributed by atoms with Crippen LogP contribution in [0.1, 0.15) is 16.8 Å². The fraction of sp³-hybridized carbons (Fsp3) is 0.467. The SMILES string of the molecule is COCCCNC(=S)N(C)NC(=O)c1cc(OC)c(Br)c(OC)c1. The van der Waals surface area contributed by atoms with Gasteiger partial charge in [0.25, 0.3) is 5.91 Å². The van der Waals surface area contributed by atoms with E-state index < -0.39 is 0 Å². The Balaban J connectivity index is 2.71. The number of hydrazine groups is 1. The second kappa shape index (κ2) is 10.3. The lowest BCUT2D eigenvalue weighted by atomic mass is 10.2. The summed E-state index contributed by atoms with van der Waals surface area (Å²) in [5.41, 5.74) is 3.08. The van der Waals surface area contributed by atoms with Crippen LogP contribution in [0.2, 0.25) is 0 Å². The van der Waals surface area contributed by atoms with Crippen LogP contribution in [0, 0.1) is 0 Å². The Hall–Kier alpha value is -1.58. The van der Waals surface area contributed by atoms with Crippen molar-refractivity contribution in [3.8, 4) is 11.5 Å². The molecule has 0 atom stereocenters. The third-order valence-electron chi connectivity index (χ3n) is 3.08. The van der Waals surface area contributed by atoms with Crippen molar-refractivity contribution in [2.24, 2.45) is 0 Å². The first-order valence-electron chi connectivity index (χ1n) is 7.17. The van der Waals surface area contributed by atoms with Crippen molar-refractivity contribution in [1.29, 1.82) is 0 Å². The van der Waals surface area contributed by atoms with E-state index in [4.69, 9.17) is 26.4 Å². The molecule has 0 fully saturated rings. The summed E-state index contributed by atoms with van der Waals surface area (Å²) >= 11 is 8.58. The number of thiocarbonyl (C=S) groups is 1. The van der Waals surface area contributed by atoms with E-state index >= 15 is 0 Å². The number of ether oxygens (including phenoxy) is 3. The summed E-state index contributed by atoms with van der Waals surface area (Å²) in [4.78, 5) is 12.4. The van der Waals surface area contributed by atoms with Gasteiger partial charge < -0.3 is 19.5 Å². The molecule has 0 spiro atoms. The van der Waals surface area contributed by atoms with Crippen molar-refractivity contribution in [3.63, 3.8) is 0 Å². The van der Waals surface area contributed by atoms with Crippen LogP contribution in [0.3, 0.4) is 0 Å². The highest BCUT2D eigenvalue weighted by atomic mass is 79.9. The van der Waals surface area contributed by atoms with E-state index in [1.165, 1.54) is 19.2 Å². The molecule has 0 saturated carbocycles. The van der Waals surface area contributed by atoms with Gasteiger partial charge in [-0.1, -0.05) is 0 Å². The summed E-state index contributed by atoms with van der Waals surface area (Å²) in [6, 6.07) is 3.23. The highest BCUT2D eigenvalue weighted by Gasteiger charge is 2.16. The Morgan fingerprint density at radius 1 is 1.25 bits per heavy atom. The highest BCUT2D eigenvalue weighted by molar-refractivity contribution is 9.10. The molecule has 0 aliphatic carbocycles. The molecule has 1 amide bonds. The van der Waals surface area contributed by atoms with E-state index in [1.807, 2.05) is 0 Å². The number of hydrogen-bond acceptors (Lipinski definition) is 5. The van der Waals surface area contributed by atoms with Crippen molar-refractivity contribution >= 4 is 39.2 Å². The standard InChI is InChI=1S/C15H22BrN3O4S/c1-19(15(24)17-6-5-7-21-2)18-14(20)10-8-11(22-3)13(16)12(9-10)23-4/h8-9H,5-7H2,1-4H3,(H,17,24)(H,18,20). The third kappa shape index (κ3) is 5.81. The zero-order valence-corrected chi connectivity index (χ0v) is 16.5. The van der Waals surface area contributed by atoms with Crippen LogP contribution >= 0.6 is 28.1 Å². The van der Waals surface area contributed by atoms with E-state index in [1.54, 1.807) is 26.3 Å². The Kier molecular flexibility index (Phi) is 8.80. The molecule has 0 saturated heterocycles. The number of nitrogens with zero attached hydrogens (tertiary/aromatic N) is 1. The molecule has 7 nitrogen and oxygen atoms in total. The topological polar surface area (TPSA) is 72.1 Å². The van der Waals surface area contributed by atoms with E-state index in [0.29, 0.717) is 39.8 Å². The lowest BCUT2D eigenvalue weighted by Gasteiger charge is -2.22. The highest BCUT2D eigenvalue weighted by Crippen LogP contribution is 2.35. The molecule has 1 aromatic carbocycles. The lowest BCUT2D eigenvalue weighted by molar-refractivity contribution is 0.0885. The summed E-state index contributed by atoms with van der Waals surface area (Å²) in [5.74, 6) is 0.674. The second-order valence-corrected chi connectivity index (χ2v) is 5.95. The minimum absolute atomic E-state index is 0.331. The third-order valence-corrected chi connectivity index (χ3v) is 4.28. The summed E-state index contributed by atoms with van der Waals surface area (Å²) in [6.45, 7) is 1.30. The van der Waals surface area contributed by atoms with Crippen LogP contribution in [-0.2, 0) is 4.74 Å². The zero-order chi connectivity index (χ0) is 18.1. The van der Waals surface area contributed by atoms with Crippen LogP contribution in [-0.4, -0.2) is 57.6 Å². The smallest absolute Gasteiger partial charge is 0.270 e. The molecule has 0 bridgehead atoms. The number of carbonyl (C=O) groups is 1. The van der Waals surface area contributed by atoms with E-state index in [9.17, 15) is 4.79 Å². The van der Waals surface area contributed by atoms with Gasteiger partial charge in [0, 0.05) is 32.9 Å². The number of amides is 1. The zero-order valence-electron chi connectivity index (χ0n) is 14.1. The van der Waals surface area contributed by atoms with Crippen LogP contribution < -0.4 is 20.2 Å². The van der Waals surface area contributed by atoms with Crippen molar-refractivity contribution in [2.45, 2.75) is 6.42 Å². The minimum Gasteiger partial charge on any atom is -0.495 e. The van der Waals surface area contributed by atoms with Crippen molar-refractivity contribution < 1.29 is 19.0 Å². The molecular weight excluding hydrogens is 398 g/mol. The van der Waals surface area contributed by atoms with Crippen LogP contribution in [0.25, 0.3) is 0 Å². The molecule has 1 aromatic rings. The summed E-state index contributed by atoms with van der Waals surface area (Å²) in [5, 5.41) is 4.90. The molecule has 9 heteroatoms. The molecule has 0 unspecified atom stereocenters. The number of methoxy groups -OCH3 is 3. The normalized spacial score (nSPS) is 10.0. The molecule has 0 radical (unpaired) electrons. The van der Waals surface area contributed by atoms with E-state index in [0.717, 1.165) is 6.42 Å². The average Bonchev–Trinajstić information content (AvgIpc) is 2.58. The summed E-state index contributed by atoms with van der Waals surface area (Å²) in [6.07, 6.45) is 0.819. The maximum atomic E-state index is 12.4. The predicted octanol–water partition coefficient (Wildman–Crippen LogP) is 1.95. The van der Waals surface area contributed by atoms with Gasteiger partial charge in [0.1, 0.15) is 16.0 Å². The number of halogens is 1. The van der Waals surface area contributed by atoms with Crippen LogP contribution in [0.4, 0.5) is 0 Å². The van der Waals surface area contributed by atoms with Gasteiger partial charge in [0.2, 0.25) is 0 Å². The first-order valence-corrected chi connectivity index (χ1v) is 8.37. The minimum atomic E-state index is -0.331. The van der Waals surface area contributed by atoms with Gasteiger partial charge in [-0.2, -0.15) is 0 Å². The molecule has 2 N–H and O–H groups in total. The van der Waals surface area contributed by atoms with E-state index in [2.05, 4.69) is 26.7 Å². The fourth-order valence-corrected chi connectivity index (χ4v) is 2.50. The number of rotatable bonds is 7. The Morgan fingerprint density at radius 2 is 1.83 bits per heavy atom. The first-order chi connectivity index (χ1) is 11.4. The quantitative estimate of drug-likeness (QED) is 0.397. The summed E-state index contributed by atoms with van der Waals surface area (Å²) in [7, 11) is 6.35. The maximum Gasteiger partial charge on any atom is 0.270 e. The predicted molar refractivity (Wildman–Crippen MR) is 99.6 cm³/mol. The van der Waals surface area contributed by atoms with Gasteiger partial charge >= 0.3 is 0 Å². The fourth-order valence-electron chi connectivity index (χ4n) is 1.80. The van der Waals surface area contributed by atoms with Crippen molar-refractivity contribution in [3.05, 3.63) is 22.2 Å². The number of benzene rings is 1. The van der Waals surface area contributed by atoms with Crippen LogP contribution in [0.15, 0.2) is 16.6 Å². The van der Waals surface area contributed by atoms with Crippen molar-refractivity contribution in [1.82, 2.24) is 15.8 Å². The maximum absolute atomic E-state index is 12.4. The number of carbonyl (C=O) groups excluding carboxylic acids is 1. The van der Waals surface area contributed by atoms with Crippen LogP contribution in [0.5, 0.6) is 11.5 Å². The van der Waals surface area contributed by atoms with Gasteiger partial charge in [0.05, 0.1) is 14.2 Å². The summed E-state index contributed by atoms with van der Waals surface area (Å²) < 4.78 is 16.1. The van der Waals surface area contributed by atoms with Gasteiger partial charge in [-0.15, -0.1) is 0 Å². The van der Waals surface area contributed by atoms with Crippen molar-refractivity contribution in [2.75, 3.05) is 41.5 Å². The molecule has 0 aliphatic heterocycles. The largest absolute Gasteiger partial charge is 0.495 e. The molecule has 24 heavy (non-hydrogen) atoms. The Labute approximate surface area is 155 Å². The molecular formula is C15H22BrN3O4S. The second-order valence-electron chi connectivity index (χ2n) is 4.77. The molecule has 134 valence electrons. The van der Waals surface area contributed by atoms with Gasteiger partial charge in [0.15, 0.2) is 5.11 Å². The molecule has 1 rings (SSSR count). The molecule has 0 aromatic heterocycles. The van der Waals surface area contributed by atoms with Gasteiger partial charge in [-0.25, -0.2) is 0 Å². The average molecular weight is 420 g/mol. The monoisotopic (exact) mass is 419 g/mol. The Morgan fingerprint density at radius 3 is 2.33 bits per heavy atom. The molecule has 0 aliphatic rings. The number of hydrogen-bond donors (Lipinski definition) is 2. The molecule has 0 heterocycles.